The third-order valence-electron chi connectivity index (χ3n) is 4.62. The van der Waals surface area contributed by atoms with E-state index in [1.807, 2.05) is 4.90 Å². The molecule has 0 bridgehead atoms. The first-order valence-electron chi connectivity index (χ1n) is 8.30. The van der Waals surface area contributed by atoms with Gasteiger partial charge in [-0.15, -0.1) is 0 Å². The zero-order chi connectivity index (χ0) is 15.5. The van der Waals surface area contributed by atoms with E-state index in [1.165, 1.54) is 6.26 Å². The first kappa shape index (κ1) is 15.6. The molecule has 3 rings (SSSR count). The van der Waals surface area contributed by atoms with Gasteiger partial charge in [0, 0.05) is 44.9 Å². The monoisotopic (exact) mass is 306 g/mol. The van der Waals surface area contributed by atoms with Gasteiger partial charge in [0.2, 0.25) is 0 Å². The van der Waals surface area contributed by atoms with Crippen molar-refractivity contribution in [3.63, 3.8) is 0 Å². The van der Waals surface area contributed by atoms with Crippen LogP contribution in [-0.4, -0.2) is 60.6 Å². The maximum atomic E-state index is 12.3. The summed E-state index contributed by atoms with van der Waals surface area (Å²) < 4.78 is 10.5. The molecule has 3 heterocycles. The van der Waals surface area contributed by atoms with Gasteiger partial charge in [-0.25, -0.2) is 0 Å². The molecule has 2 aliphatic rings. The lowest BCUT2D eigenvalue weighted by Crippen LogP contribution is -2.64. The van der Waals surface area contributed by atoms with Crippen molar-refractivity contribution in [1.82, 2.24) is 9.80 Å². The Labute approximate surface area is 132 Å². The highest BCUT2D eigenvalue weighted by molar-refractivity contribution is 5.94. The summed E-state index contributed by atoms with van der Waals surface area (Å²) in [7, 11) is 0. The van der Waals surface area contributed by atoms with Crippen LogP contribution in [0, 0.1) is 5.92 Å². The Balaban J connectivity index is 1.58. The molecule has 0 radical (unpaired) electrons. The van der Waals surface area contributed by atoms with Crippen LogP contribution in [0.4, 0.5) is 0 Å². The van der Waals surface area contributed by atoms with Crippen molar-refractivity contribution in [3.05, 3.63) is 24.2 Å². The van der Waals surface area contributed by atoms with E-state index < -0.39 is 0 Å². The molecule has 0 atom stereocenters. The minimum atomic E-state index is 0.0847. The summed E-state index contributed by atoms with van der Waals surface area (Å²) in [6.45, 7) is 9.01. The molecule has 1 amide bonds. The van der Waals surface area contributed by atoms with Crippen LogP contribution in [0.1, 0.15) is 37.0 Å². The van der Waals surface area contributed by atoms with Crippen molar-refractivity contribution >= 4 is 5.91 Å². The fourth-order valence-electron chi connectivity index (χ4n) is 3.43. The van der Waals surface area contributed by atoms with E-state index in [0.717, 1.165) is 45.7 Å². The van der Waals surface area contributed by atoms with Gasteiger partial charge in [0.15, 0.2) is 0 Å². The fourth-order valence-corrected chi connectivity index (χ4v) is 3.43. The van der Waals surface area contributed by atoms with Crippen molar-refractivity contribution in [1.29, 1.82) is 0 Å². The Morgan fingerprint density at radius 3 is 2.64 bits per heavy atom. The Hall–Kier alpha value is -1.33. The zero-order valence-corrected chi connectivity index (χ0v) is 13.5. The first-order valence-corrected chi connectivity index (χ1v) is 8.30. The van der Waals surface area contributed by atoms with Crippen molar-refractivity contribution < 1.29 is 13.9 Å². The predicted octanol–water partition coefficient (Wildman–Crippen LogP) is 2.24. The molecule has 0 unspecified atom stereocenters. The molecule has 2 fully saturated rings. The van der Waals surface area contributed by atoms with Crippen LogP contribution in [0.25, 0.3) is 0 Å². The summed E-state index contributed by atoms with van der Waals surface area (Å²) in [5.74, 6) is 0.725. The highest BCUT2D eigenvalue weighted by Gasteiger charge is 2.38. The quantitative estimate of drug-likeness (QED) is 0.837. The number of likely N-dealkylation sites (tertiary alicyclic amines) is 1. The molecule has 5 nitrogen and oxygen atoms in total. The van der Waals surface area contributed by atoms with Gasteiger partial charge in [0.1, 0.15) is 6.26 Å². The molecule has 0 spiro atoms. The van der Waals surface area contributed by atoms with Crippen LogP contribution < -0.4 is 0 Å². The third kappa shape index (κ3) is 3.36. The normalized spacial score (nSPS) is 20.6. The van der Waals surface area contributed by atoms with Crippen molar-refractivity contribution in [2.75, 3.05) is 32.8 Å². The van der Waals surface area contributed by atoms with Crippen molar-refractivity contribution in [3.8, 4) is 0 Å². The maximum absolute atomic E-state index is 12.3. The summed E-state index contributed by atoms with van der Waals surface area (Å²) in [5, 5.41) is 0. The van der Waals surface area contributed by atoms with Gasteiger partial charge >= 0.3 is 0 Å². The van der Waals surface area contributed by atoms with E-state index in [1.54, 1.807) is 12.3 Å². The number of hydrogen-bond donors (Lipinski definition) is 0. The lowest BCUT2D eigenvalue weighted by Gasteiger charge is -2.49. The molecule has 122 valence electrons. The molecule has 1 aromatic heterocycles. The van der Waals surface area contributed by atoms with Crippen LogP contribution in [-0.2, 0) is 4.74 Å². The minimum Gasteiger partial charge on any atom is -0.472 e. The molecule has 2 aliphatic heterocycles. The molecule has 0 saturated carbocycles. The molecule has 1 aromatic rings. The number of carbonyl (C=O) groups is 1. The van der Waals surface area contributed by atoms with Crippen molar-refractivity contribution in [2.45, 2.75) is 38.8 Å². The van der Waals surface area contributed by atoms with E-state index in [-0.39, 0.29) is 5.91 Å². The average molecular weight is 306 g/mol. The Morgan fingerprint density at radius 1 is 1.32 bits per heavy atom. The first-order chi connectivity index (χ1) is 10.6. The van der Waals surface area contributed by atoms with Gasteiger partial charge in [0.25, 0.3) is 5.91 Å². The zero-order valence-electron chi connectivity index (χ0n) is 13.5. The van der Waals surface area contributed by atoms with Crippen LogP contribution in [0.3, 0.4) is 0 Å². The number of ether oxygens (including phenoxy) is 1. The fraction of sp³-hybridized carbons (Fsp3) is 0.706. The van der Waals surface area contributed by atoms with E-state index in [2.05, 4.69) is 18.7 Å². The number of carbonyl (C=O) groups excluding carboxylic acids is 1. The molecule has 2 saturated heterocycles. The molecule has 22 heavy (non-hydrogen) atoms. The number of hydrogen-bond acceptors (Lipinski definition) is 4. The van der Waals surface area contributed by atoms with E-state index in [0.29, 0.717) is 23.6 Å². The highest BCUT2D eigenvalue weighted by atomic mass is 16.5. The summed E-state index contributed by atoms with van der Waals surface area (Å²) in [6.07, 6.45) is 5.30. The molecule has 0 aromatic carbocycles. The number of amides is 1. The Bertz CT molecular complexity index is 474. The standard InChI is InChI=1S/C17H26N2O3/c1-13(2)9-19(15-4-7-21-8-5-15)16-10-18(11-16)17(20)14-3-6-22-12-14/h3,6,12-13,15-16H,4-5,7-11H2,1-2H3. The predicted molar refractivity (Wildman–Crippen MR) is 83.8 cm³/mol. The van der Waals surface area contributed by atoms with Gasteiger partial charge in [0.05, 0.1) is 11.8 Å². The highest BCUT2D eigenvalue weighted by Crippen LogP contribution is 2.25. The van der Waals surface area contributed by atoms with Gasteiger partial charge in [-0.3, -0.25) is 9.69 Å². The van der Waals surface area contributed by atoms with Gasteiger partial charge in [-0.05, 0) is 24.8 Å². The van der Waals surface area contributed by atoms with Gasteiger partial charge in [-0.1, -0.05) is 13.8 Å². The maximum Gasteiger partial charge on any atom is 0.257 e. The minimum absolute atomic E-state index is 0.0847. The third-order valence-corrected chi connectivity index (χ3v) is 4.62. The largest absolute Gasteiger partial charge is 0.472 e. The summed E-state index contributed by atoms with van der Waals surface area (Å²) >= 11 is 0. The van der Waals surface area contributed by atoms with Crippen LogP contribution >= 0.6 is 0 Å². The van der Waals surface area contributed by atoms with Crippen molar-refractivity contribution in [2.24, 2.45) is 5.92 Å². The summed E-state index contributed by atoms with van der Waals surface area (Å²) in [5.41, 5.74) is 0.653. The summed E-state index contributed by atoms with van der Waals surface area (Å²) in [4.78, 5) is 16.8. The number of furan rings is 1. The molecular weight excluding hydrogens is 280 g/mol. The topological polar surface area (TPSA) is 45.9 Å². The van der Waals surface area contributed by atoms with E-state index in [9.17, 15) is 4.79 Å². The van der Waals surface area contributed by atoms with Crippen LogP contribution in [0.5, 0.6) is 0 Å². The second-order valence-electron chi connectivity index (χ2n) is 6.81. The molecular formula is C17H26N2O3. The number of nitrogens with zero attached hydrogens (tertiary/aromatic N) is 2. The second-order valence-corrected chi connectivity index (χ2v) is 6.81. The average Bonchev–Trinajstić information content (AvgIpc) is 2.99. The second kappa shape index (κ2) is 6.84. The lowest BCUT2D eigenvalue weighted by molar-refractivity contribution is -0.0294. The van der Waals surface area contributed by atoms with E-state index in [4.69, 9.17) is 9.15 Å². The molecule has 0 N–H and O–H groups in total. The Kier molecular flexibility index (Phi) is 4.84. The smallest absolute Gasteiger partial charge is 0.257 e. The number of rotatable bonds is 5. The van der Waals surface area contributed by atoms with Crippen LogP contribution in [0.2, 0.25) is 0 Å². The van der Waals surface area contributed by atoms with Crippen LogP contribution in [0.15, 0.2) is 23.0 Å². The van der Waals surface area contributed by atoms with Gasteiger partial charge < -0.3 is 14.1 Å². The molecule has 0 aliphatic carbocycles. The lowest BCUT2D eigenvalue weighted by atomic mass is 9.97. The molecule has 5 heteroatoms. The van der Waals surface area contributed by atoms with Gasteiger partial charge in [-0.2, -0.15) is 0 Å². The van der Waals surface area contributed by atoms with E-state index >= 15 is 0 Å². The Morgan fingerprint density at radius 2 is 2.05 bits per heavy atom. The summed E-state index contributed by atoms with van der Waals surface area (Å²) in [6, 6.07) is 2.83. The SMILES string of the molecule is CC(C)CN(C1CCOCC1)C1CN(C(=O)c2ccoc2)C1.